The average molecular weight is 782 g/mol. The summed E-state index contributed by atoms with van der Waals surface area (Å²) in [7, 11) is 0. The maximum absolute atomic E-state index is 4.29. The normalized spacial score (nSPS) is 11.5. The van der Waals surface area contributed by atoms with Crippen LogP contribution in [0.25, 0.3) is 60.4 Å². The molecule has 0 fully saturated rings. The number of para-hydroxylation sites is 1. The molecule has 0 saturated heterocycles. The topological polar surface area (TPSA) is 11.4 Å². The SMILES string of the molecule is C=C/C=C(\C=C)N(c1cc(-c2ccc3c(ccn3-c3ccc(-c4ccccc4)cc3)c2)cc(N(c2ccccc2)c2ccc3ccccc3c2)c1)c1ccc2ccccc2c1. The Balaban J connectivity index is 1.16. The molecule has 0 amide bonds. The van der Waals surface area contributed by atoms with Gasteiger partial charge in [0.2, 0.25) is 0 Å². The van der Waals surface area contributed by atoms with Gasteiger partial charge in [-0.1, -0.05) is 147 Å². The van der Waals surface area contributed by atoms with Crippen molar-refractivity contribution in [1.82, 2.24) is 4.57 Å². The van der Waals surface area contributed by atoms with E-state index in [1.807, 2.05) is 18.2 Å². The number of hydrogen-bond donors (Lipinski definition) is 0. The number of nitrogens with zero attached hydrogens (tertiary/aromatic N) is 3. The molecule has 0 bridgehead atoms. The van der Waals surface area contributed by atoms with Gasteiger partial charge < -0.3 is 14.4 Å². The van der Waals surface area contributed by atoms with Crippen molar-refractivity contribution in [2.24, 2.45) is 0 Å². The summed E-state index contributed by atoms with van der Waals surface area (Å²) >= 11 is 0. The predicted molar refractivity (Wildman–Crippen MR) is 261 cm³/mol. The zero-order valence-corrected chi connectivity index (χ0v) is 33.8. The minimum absolute atomic E-state index is 0.913. The molecule has 9 aromatic carbocycles. The van der Waals surface area contributed by atoms with Crippen LogP contribution in [0.1, 0.15) is 0 Å². The number of aromatic nitrogens is 1. The van der Waals surface area contributed by atoms with E-state index >= 15 is 0 Å². The summed E-state index contributed by atoms with van der Waals surface area (Å²) in [4.78, 5) is 4.64. The standard InChI is InChI=1S/C58H43N3/c1-3-15-51(4-2)60(54-31-26-43-18-11-13-20-46(43)37-54)56-39-50(40-57(41-56)61(53-22-9-6-10-23-53)55-32-27-44-19-12-14-21-47(44)38-55)48-28-33-58-49(36-48)34-35-59(58)52-29-24-45(25-30-52)42-16-7-5-8-17-42/h3-41H,1-2H2/b51-15+. The van der Waals surface area contributed by atoms with Gasteiger partial charge in [-0.25, -0.2) is 0 Å². The summed E-state index contributed by atoms with van der Waals surface area (Å²) in [5.74, 6) is 0. The number of allylic oxidation sites excluding steroid dienone is 3. The molecule has 10 aromatic rings. The molecular formula is C58H43N3. The van der Waals surface area contributed by atoms with Crippen molar-refractivity contribution >= 4 is 60.9 Å². The van der Waals surface area contributed by atoms with E-state index in [2.05, 4.69) is 246 Å². The third-order valence-corrected chi connectivity index (χ3v) is 11.4. The molecular weight excluding hydrogens is 739 g/mol. The van der Waals surface area contributed by atoms with Crippen LogP contribution in [0.3, 0.4) is 0 Å². The highest BCUT2D eigenvalue weighted by molar-refractivity contribution is 5.94. The van der Waals surface area contributed by atoms with Crippen LogP contribution in [-0.2, 0) is 0 Å². The Kier molecular flexibility index (Phi) is 9.90. The molecule has 0 N–H and O–H groups in total. The molecule has 0 spiro atoms. The van der Waals surface area contributed by atoms with Gasteiger partial charge in [0.25, 0.3) is 0 Å². The smallest absolute Gasteiger partial charge is 0.0528 e. The fourth-order valence-electron chi connectivity index (χ4n) is 8.47. The molecule has 1 aromatic heterocycles. The first kappa shape index (κ1) is 37.2. The molecule has 0 unspecified atom stereocenters. The van der Waals surface area contributed by atoms with Crippen LogP contribution in [0.4, 0.5) is 28.4 Å². The largest absolute Gasteiger partial charge is 0.317 e. The third-order valence-electron chi connectivity index (χ3n) is 11.4. The predicted octanol–water partition coefficient (Wildman–Crippen LogP) is 16.1. The second kappa shape index (κ2) is 16.2. The molecule has 61 heavy (non-hydrogen) atoms. The van der Waals surface area contributed by atoms with Gasteiger partial charge in [0.05, 0.1) is 5.52 Å². The van der Waals surface area contributed by atoms with Crippen LogP contribution in [0.15, 0.2) is 256 Å². The lowest BCUT2D eigenvalue weighted by Gasteiger charge is -2.31. The molecule has 0 aliphatic rings. The summed E-state index contributed by atoms with van der Waals surface area (Å²) < 4.78 is 2.27. The van der Waals surface area contributed by atoms with E-state index in [-0.39, 0.29) is 0 Å². The van der Waals surface area contributed by atoms with Gasteiger partial charge in [-0.3, -0.25) is 0 Å². The van der Waals surface area contributed by atoms with E-state index < -0.39 is 0 Å². The number of anilines is 5. The van der Waals surface area contributed by atoms with Crippen LogP contribution < -0.4 is 9.80 Å². The fraction of sp³-hybridized carbons (Fsp3) is 0. The van der Waals surface area contributed by atoms with E-state index in [0.29, 0.717) is 0 Å². The third kappa shape index (κ3) is 7.30. The molecule has 10 rings (SSSR count). The first-order chi connectivity index (χ1) is 30.1. The molecule has 290 valence electrons. The lowest BCUT2D eigenvalue weighted by molar-refractivity contribution is 1.13. The zero-order valence-electron chi connectivity index (χ0n) is 33.8. The van der Waals surface area contributed by atoms with E-state index in [1.54, 1.807) is 0 Å². The van der Waals surface area contributed by atoms with Crippen LogP contribution in [0.5, 0.6) is 0 Å². The Morgan fingerprint density at radius 1 is 0.393 bits per heavy atom. The van der Waals surface area contributed by atoms with E-state index in [1.165, 1.54) is 27.3 Å². The second-order valence-corrected chi connectivity index (χ2v) is 15.2. The molecule has 3 nitrogen and oxygen atoms in total. The summed E-state index contributed by atoms with van der Waals surface area (Å²) in [6.07, 6.45) is 7.92. The highest BCUT2D eigenvalue weighted by Crippen LogP contribution is 2.43. The van der Waals surface area contributed by atoms with Crippen molar-refractivity contribution in [3.05, 3.63) is 256 Å². The maximum Gasteiger partial charge on any atom is 0.0528 e. The summed E-state index contributed by atoms with van der Waals surface area (Å²) in [5.41, 5.74) is 13.0. The van der Waals surface area contributed by atoms with Crippen LogP contribution >= 0.6 is 0 Å². The second-order valence-electron chi connectivity index (χ2n) is 15.2. The Bertz CT molecular complexity index is 3230. The zero-order chi connectivity index (χ0) is 41.1. The number of fused-ring (bicyclic) bond motifs is 3. The van der Waals surface area contributed by atoms with Crippen molar-refractivity contribution in [2.75, 3.05) is 9.80 Å². The van der Waals surface area contributed by atoms with Crippen molar-refractivity contribution in [3.8, 4) is 27.9 Å². The van der Waals surface area contributed by atoms with Gasteiger partial charge in [0, 0.05) is 51.4 Å². The van der Waals surface area contributed by atoms with E-state index in [9.17, 15) is 0 Å². The Hall–Kier alpha value is -8.14. The molecule has 0 aliphatic carbocycles. The molecule has 1 heterocycles. The van der Waals surface area contributed by atoms with Gasteiger partial charge in [-0.2, -0.15) is 0 Å². The number of benzene rings is 9. The quantitative estimate of drug-likeness (QED) is 0.121. The lowest BCUT2D eigenvalue weighted by atomic mass is 10.00. The van der Waals surface area contributed by atoms with Gasteiger partial charge in [0.15, 0.2) is 0 Å². The van der Waals surface area contributed by atoms with Gasteiger partial charge >= 0.3 is 0 Å². The molecule has 0 atom stereocenters. The average Bonchev–Trinajstić information content (AvgIpc) is 3.75. The molecule has 3 heteroatoms. The van der Waals surface area contributed by atoms with Gasteiger partial charge in [-0.15, -0.1) is 0 Å². The highest BCUT2D eigenvalue weighted by Gasteiger charge is 2.20. The monoisotopic (exact) mass is 781 g/mol. The van der Waals surface area contributed by atoms with Crippen LogP contribution in [-0.4, -0.2) is 4.57 Å². The van der Waals surface area contributed by atoms with Crippen molar-refractivity contribution < 1.29 is 0 Å². The lowest BCUT2D eigenvalue weighted by Crippen LogP contribution is -2.17. The summed E-state index contributed by atoms with van der Waals surface area (Å²) in [6, 6.07) is 76.2. The summed E-state index contributed by atoms with van der Waals surface area (Å²) in [5, 5.41) is 5.90. The van der Waals surface area contributed by atoms with Gasteiger partial charge in [-0.05, 0) is 141 Å². The highest BCUT2D eigenvalue weighted by atomic mass is 15.2. The van der Waals surface area contributed by atoms with E-state index in [4.69, 9.17) is 0 Å². The van der Waals surface area contributed by atoms with Crippen molar-refractivity contribution in [1.29, 1.82) is 0 Å². The maximum atomic E-state index is 4.29. The number of rotatable bonds is 11. The van der Waals surface area contributed by atoms with E-state index in [0.717, 1.165) is 67.2 Å². The minimum Gasteiger partial charge on any atom is -0.317 e. The first-order valence-corrected chi connectivity index (χ1v) is 20.6. The molecule has 0 saturated carbocycles. The fourth-order valence-corrected chi connectivity index (χ4v) is 8.47. The van der Waals surface area contributed by atoms with Crippen LogP contribution in [0.2, 0.25) is 0 Å². The van der Waals surface area contributed by atoms with Gasteiger partial charge in [0.1, 0.15) is 0 Å². The van der Waals surface area contributed by atoms with Crippen LogP contribution in [0, 0.1) is 0 Å². The Labute approximate surface area is 357 Å². The van der Waals surface area contributed by atoms with Crippen molar-refractivity contribution in [3.63, 3.8) is 0 Å². The summed E-state index contributed by atoms with van der Waals surface area (Å²) in [6.45, 7) is 8.38. The minimum atomic E-state index is 0.913. The first-order valence-electron chi connectivity index (χ1n) is 20.6. The van der Waals surface area contributed by atoms with Crippen molar-refractivity contribution in [2.45, 2.75) is 0 Å². The Morgan fingerprint density at radius 3 is 1.67 bits per heavy atom. The molecule has 0 radical (unpaired) electrons. The molecule has 0 aliphatic heterocycles. The number of hydrogen-bond acceptors (Lipinski definition) is 2. The Morgan fingerprint density at radius 2 is 0.984 bits per heavy atom.